The minimum Gasteiger partial charge on any atom is -0.499 e. The van der Waals surface area contributed by atoms with Gasteiger partial charge < -0.3 is 4.74 Å². The van der Waals surface area contributed by atoms with Crippen LogP contribution in [-0.2, 0) is 4.74 Å². The third-order valence-electron chi connectivity index (χ3n) is 4.44. The maximum atomic E-state index is 5.81. The lowest BCUT2D eigenvalue weighted by atomic mass is 9.29. The van der Waals surface area contributed by atoms with Crippen molar-refractivity contribution in [2.24, 2.45) is 10.8 Å². The monoisotopic (exact) mass is 246 g/mol. The van der Waals surface area contributed by atoms with Crippen LogP contribution in [-0.4, -0.2) is 13.3 Å². The number of allylic oxidation sites excluding steroid dienone is 3. The summed E-state index contributed by atoms with van der Waals surface area (Å²) in [6.45, 7) is 14.8. The van der Waals surface area contributed by atoms with Crippen LogP contribution < -0.4 is 0 Å². The molecule has 2 bridgehead atoms. The number of ether oxygens (including phenoxy) is 1. The highest BCUT2D eigenvalue weighted by atomic mass is 16.5. The summed E-state index contributed by atoms with van der Waals surface area (Å²) in [5.41, 5.74) is 2.11. The quantitative estimate of drug-likeness (QED) is 0.511. The maximum Gasteiger partial charge on any atom is 0.145 e. The van der Waals surface area contributed by atoms with Crippen molar-refractivity contribution in [3.05, 3.63) is 24.0 Å². The summed E-state index contributed by atoms with van der Waals surface area (Å²) in [5, 5.41) is 0. The molecule has 1 heterocycles. The van der Waals surface area contributed by atoms with Gasteiger partial charge in [0, 0.05) is 6.42 Å². The molecule has 1 fully saturated rings. The fraction of sp³-hybridized carbons (Fsp3) is 0.750. The highest BCUT2D eigenvalue weighted by molar-refractivity contribution is 6.60. The Labute approximate surface area is 113 Å². The van der Waals surface area contributed by atoms with Crippen molar-refractivity contribution in [2.45, 2.75) is 59.5 Å². The number of hydrogen-bond donors (Lipinski definition) is 0. The second kappa shape index (κ2) is 4.79. The molecule has 0 spiro atoms. The molecule has 0 aromatic rings. The molecule has 18 heavy (non-hydrogen) atoms. The lowest BCUT2D eigenvalue weighted by Gasteiger charge is -2.50. The SMILES string of the molecule is C=C(C)CB1CC2(C)C=C(OCC)CC(C)(C1)C2. The Hall–Kier alpha value is -0.655. The highest BCUT2D eigenvalue weighted by Crippen LogP contribution is 2.55. The molecule has 1 saturated heterocycles. The zero-order chi connectivity index (χ0) is 13.4. The van der Waals surface area contributed by atoms with E-state index in [-0.39, 0.29) is 0 Å². The summed E-state index contributed by atoms with van der Waals surface area (Å²) < 4.78 is 5.81. The molecular formula is C16H27BO. The lowest BCUT2D eigenvalue weighted by molar-refractivity contribution is 0.121. The Morgan fingerprint density at radius 1 is 1.44 bits per heavy atom. The van der Waals surface area contributed by atoms with E-state index in [0.717, 1.165) is 19.7 Å². The fourth-order valence-corrected chi connectivity index (χ4v) is 4.57. The first kappa shape index (κ1) is 13.8. The van der Waals surface area contributed by atoms with Crippen LogP contribution in [0.3, 0.4) is 0 Å². The van der Waals surface area contributed by atoms with Gasteiger partial charge in [-0.25, -0.2) is 0 Å². The van der Waals surface area contributed by atoms with E-state index in [1.54, 1.807) is 0 Å². The molecule has 100 valence electrons. The average Bonchev–Trinajstić information content (AvgIpc) is 2.11. The summed E-state index contributed by atoms with van der Waals surface area (Å²) in [6, 6.07) is 0. The molecule has 1 nitrogen and oxygen atoms in total. The third-order valence-corrected chi connectivity index (χ3v) is 4.44. The molecule has 0 N–H and O–H groups in total. The second-order valence-corrected chi connectivity index (χ2v) is 7.30. The minimum absolute atomic E-state index is 0.343. The Kier molecular flexibility index (Phi) is 3.66. The van der Waals surface area contributed by atoms with Gasteiger partial charge in [-0.15, -0.1) is 6.58 Å². The number of rotatable bonds is 4. The lowest BCUT2D eigenvalue weighted by Crippen LogP contribution is -2.43. The van der Waals surface area contributed by atoms with Gasteiger partial charge >= 0.3 is 0 Å². The molecule has 0 aromatic heterocycles. The predicted molar refractivity (Wildman–Crippen MR) is 80.1 cm³/mol. The summed E-state index contributed by atoms with van der Waals surface area (Å²) in [4.78, 5) is 0. The van der Waals surface area contributed by atoms with Crippen molar-refractivity contribution in [1.82, 2.24) is 0 Å². The summed E-state index contributed by atoms with van der Waals surface area (Å²) in [7, 11) is 0. The van der Waals surface area contributed by atoms with Crippen molar-refractivity contribution >= 4 is 6.71 Å². The fourth-order valence-electron chi connectivity index (χ4n) is 4.57. The highest BCUT2D eigenvalue weighted by Gasteiger charge is 2.47. The first-order chi connectivity index (χ1) is 8.34. The molecule has 2 aliphatic rings. The smallest absolute Gasteiger partial charge is 0.145 e. The Bertz CT molecular complexity index is 373. The van der Waals surface area contributed by atoms with Crippen LogP contribution in [0.2, 0.25) is 19.0 Å². The molecule has 2 atom stereocenters. The molecule has 1 aliphatic carbocycles. The van der Waals surface area contributed by atoms with Gasteiger partial charge in [-0.2, -0.15) is 0 Å². The van der Waals surface area contributed by atoms with E-state index < -0.39 is 0 Å². The second-order valence-electron chi connectivity index (χ2n) is 7.30. The van der Waals surface area contributed by atoms with Gasteiger partial charge in [0.2, 0.25) is 0 Å². The molecule has 0 amide bonds. The van der Waals surface area contributed by atoms with E-state index in [4.69, 9.17) is 4.74 Å². The van der Waals surface area contributed by atoms with Gasteiger partial charge in [-0.3, -0.25) is 0 Å². The summed E-state index contributed by atoms with van der Waals surface area (Å²) in [5.74, 6) is 1.24. The van der Waals surface area contributed by atoms with Crippen molar-refractivity contribution in [3.8, 4) is 0 Å². The van der Waals surface area contributed by atoms with Crippen LogP contribution in [0.15, 0.2) is 24.0 Å². The minimum atomic E-state index is 0.343. The van der Waals surface area contributed by atoms with Crippen molar-refractivity contribution in [1.29, 1.82) is 0 Å². The van der Waals surface area contributed by atoms with E-state index >= 15 is 0 Å². The van der Waals surface area contributed by atoms with Crippen molar-refractivity contribution in [2.75, 3.05) is 6.61 Å². The third kappa shape index (κ3) is 3.02. The molecule has 0 aromatic carbocycles. The Morgan fingerprint density at radius 2 is 2.17 bits per heavy atom. The zero-order valence-corrected chi connectivity index (χ0v) is 12.5. The molecule has 0 saturated carbocycles. The van der Waals surface area contributed by atoms with Gasteiger partial charge in [0.15, 0.2) is 0 Å². The summed E-state index contributed by atoms with van der Waals surface area (Å²) >= 11 is 0. The van der Waals surface area contributed by atoms with E-state index in [1.165, 1.54) is 36.7 Å². The topological polar surface area (TPSA) is 9.23 Å². The number of hydrogen-bond acceptors (Lipinski definition) is 1. The van der Waals surface area contributed by atoms with E-state index in [0.29, 0.717) is 10.8 Å². The van der Waals surface area contributed by atoms with Crippen LogP contribution in [0.5, 0.6) is 0 Å². The zero-order valence-electron chi connectivity index (χ0n) is 12.5. The van der Waals surface area contributed by atoms with Crippen LogP contribution in [0.25, 0.3) is 0 Å². The van der Waals surface area contributed by atoms with Gasteiger partial charge in [0.25, 0.3) is 0 Å². The molecular weight excluding hydrogens is 219 g/mol. The van der Waals surface area contributed by atoms with Crippen LogP contribution in [0.1, 0.15) is 40.5 Å². The largest absolute Gasteiger partial charge is 0.499 e. The molecule has 0 radical (unpaired) electrons. The molecule has 2 rings (SSSR count). The van der Waals surface area contributed by atoms with Crippen LogP contribution >= 0.6 is 0 Å². The van der Waals surface area contributed by atoms with Crippen molar-refractivity contribution in [3.63, 3.8) is 0 Å². The maximum absolute atomic E-state index is 5.81. The van der Waals surface area contributed by atoms with Gasteiger partial charge in [-0.05, 0) is 37.2 Å². The molecule has 2 heteroatoms. The van der Waals surface area contributed by atoms with E-state index in [2.05, 4.69) is 40.3 Å². The number of fused-ring (bicyclic) bond motifs is 2. The van der Waals surface area contributed by atoms with Crippen LogP contribution in [0.4, 0.5) is 0 Å². The van der Waals surface area contributed by atoms with Crippen molar-refractivity contribution < 1.29 is 4.74 Å². The van der Waals surface area contributed by atoms with E-state index in [9.17, 15) is 0 Å². The van der Waals surface area contributed by atoms with Crippen LogP contribution in [0, 0.1) is 10.8 Å². The molecule has 1 aliphatic heterocycles. The first-order valence-electron chi connectivity index (χ1n) is 7.33. The van der Waals surface area contributed by atoms with Gasteiger partial charge in [0.1, 0.15) is 6.71 Å². The van der Waals surface area contributed by atoms with Gasteiger partial charge in [-0.1, -0.05) is 38.4 Å². The normalized spacial score (nSPS) is 35.1. The average molecular weight is 246 g/mol. The molecule has 2 unspecified atom stereocenters. The Balaban J connectivity index is 2.18. The van der Waals surface area contributed by atoms with E-state index in [1.807, 2.05) is 0 Å². The first-order valence-corrected chi connectivity index (χ1v) is 7.33. The standard InChI is InChI=1S/C16H27BO/c1-6-18-14-7-15(4)10-16(5,8-14)12-17(11-15)9-13(2)3/h7H,2,6,8-12H2,1,3-5H3. The Morgan fingerprint density at radius 3 is 2.72 bits per heavy atom. The van der Waals surface area contributed by atoms with Gasteiger partial charge in [0.05, 0.1) is 12.4 Å². The predicted octanol–water partition coefficient (Wildman–Crippen LogP) is 4.80. The summed E-state index contributed by atoms with van der Waals surface area (Å²) in [6.07, 6.45) is 8.70.